The highest BCUT2D eigenvalue weighted by molar-refractivity contribution is 5.69. The highest BCUT2D eigenvalue weighted by Crippen LogP contribution is 2.31. The molecule has 1 aromatic heterocycles. The van der Waals surface area contributed by atoms with Crippen LogP contribution in [0.5, 0.6) is 0 Å². The Kier molecular flexibility index (Phi) is 4.09. The molecule has 0 bridgehead atoms. The van der Waals surface area contributed by atoms with Gasteiger partial charge in [0.2, 0.25) is 0 Å². The smallest absolute Gasteiger partial charge is 0.285 e. The largest absolute Gasteiger partial charge is 0.334 e. The van der Waals surface area contributed by atoms with Crippen molar-refractivity contribution in [2.45, 2.75) is 32.7 Å². The van der Waals surface area contributed by atoms with Gasteiger partial charge in [-0.25, -0.2) is 0 Å². The Morgan fingerprint density at radius 1 is 1.50 bits per heavy atom. The summed E-state index contributed by atoms with van der Waals surface area (Å²) in [6.45, 7) is 3.67. The van der Waals surface area contributed by atoms with Crippen LogP contribution in [0.25, 0.3) is 11.5 Å². The fraction of sp³-hybridized carbons (Fsp3) is 0.385. The summed E-state index contributed by atoms with van der Waals surface area (Å²) in [6.07, 6.45) is 1.63. The average Bonchev–Trinajstić information content (AvgIpc) is 2.87. The molecule has 7 heteroatoms. The van der Waals surface area contributed by atoms with Crippen LogP contribution >= 0.6 is 0 Å². The molecule has 0 amide bonds. The fourth-order valence-electron chi connectivity index (χ4n) is 2.01. The van der Waals surface area contributed by atoms with E-state index >= 15 is 0 Å². The molecular weight excluding hydrogens is 260 g/mol. The topological polar surface area (TPSA) is 108 Å². The van der Waals surface area contributed by atoms with Crippen molar-refractivity contribution < 1.29 is 9.45 Å². The number of aryl methyl sites for hydroxylation is 1. The number of nitro benzene ring substituents is 1. The lowest BCUT2D eigenvalue weighted by Crippen LogP contribution is -2.11. The number of rotatable bonds is 5. The predicted octanol–water partition coefficient (Wildman–Crippen LogP) is 2.75. The zero-order chi connectivity index (χ0) is 14.7. The molecule has 0 spiro atoms. The van der Waals surface area contributed by atoms with Crippen LogP contribution < -0.4 is 5.73 Å². The van der Waals surface area contributed by atoms with E-state index in [4.69, 9.17) is 10.3 Å². The zero-order valence-corrected chi connectivity index (χ0v) is 11.4. The number of hydrogen-bond acceptors (Lipinski definition) is 6. The first-order chi connectivity index (χ1) is 9.54. The third kappa shape index (κ3) is 2.67. The van der Waals surface area contributed by atoms with Gasteiger partial charge in [0, 0.05) is 5.56 Å². The lowest BCUT2D eigenvalue weighted by atomic mass is 10.1. The van der Waals surface area contributed by atoms with E-state index in [9.17, 15) is 10.1 Å². The first-order valence-corrected chi connectivity index (χ1v) is 6.38. The van der Waals surface area contributed by atoms with Gasteiger partial charge in [0.15, 0.2) is 5.82 Å². The van der Waals surface area contributed by atoms with Gasteiger partial charge in [0.25, 0.3) is 11.6 Å². The Hall–Kier alpha value is -2.28. The Morgan fingerprint density at radius 3 is 2.90 bits per heavy atom. The Balaban J connectivity index is 2.43. The van der Waals surface area contributed by atoms with E-state index in [2.05, 4.69) is 10.1 Å². The van der Waals surface area contributed by atoms with Crippen molar-refractivity contribution in [2.24, 2.45) is 5.73 Å². The summed E-state index contributed by atoms with van der Waals surface area (Å²) in [4.78, 5) is 14.9. The minimum Gasteiger partial charge on any atom is -0.334 e. The molecule has 0 saturated heterocycles. The van der Waals surface area contributed by atoms with Gasteiger partial charge in [0.1, 0.15) is 5.56 Å². The first kappa shape index (κ1) is 14.1. The fourth-order valence-corrected chi connectivity index (χ4v) is 2.01. The molecule has 1 aromatic carbocycles. The van der Waals surface area contributed by atoms with E-state index < -0.39 is 4.92 Å². The lowest BCUT2D eigenvalue weighted by molar-refractivity contribution is -0.384. The first-order valence-electron chi connectivity index (χ1n) is 6.38. The molecule has 1 unspecified atom stereocenters. The standard InChI is InChI=1S/C13H16N4O3/c1-3-5-10(14)12-15-13(20-16-12)9-7-4-6-8(2)11(9)17(18)19/h4,6-7,10H,3,5,14H2,1-2H3. The molecule has 7 nitrogen and oxygen atoms in total. The molecular formula is C13H16N4O3. The molecule has 0 aliphatic heterocycles. The monoisotopic (exact) mass is 276 g/mol. The molecule has 106 valence electrons. The third-order valence-electron chi connectivity index (χ3n) is 3.02. The van der Waals surface area contributed by atoms with Crippen LogP contribution in [0.4, 0.5) is 5.69 Å². The molecule has 2 N–H and O–H groups in total. The van der Waals surface area contributed by atoms with Crippen LogP contribution in [0.2, 0.25) is 0 Å². The zero-order valence-electron chi connectivity index (χ0n) is 11.4. The van der Waals surface area contributed by atoms with Crippen molar-refractivity contribution in [3.05, 3.63) is 39.7 Å². The molecule has 0 saturated carbocycles. The quantitative estimate of drug-likeness (QED) is 0.664. The summed E-state index contributed by atoms with van der Waals surface area (Å²) < 4.78 is 5.12. The van der Waals surface area contributed by atoms with E-state index in [-0.39, 0.29) is 17.6 Å². The molecule has 0 aliphatic rings. The molecule has 20 heavy (non-hydrogen) atoms. The van der Waals surface area contributed by atoms with Crippen LogP contribution in [0.1, 0.15) is 37.2 Å². The normalized spacial score (nSPS) is 12.3. The van der Waals surface area contributed by atoms with Gasteiger partial charge < -0.3 is 10.3 Å². The van der Waals surface area contributed by atoms with E-state index in [0.717, 1.165) is 12.8 Å². The second kappa shape index (κ2) is 5.79. The van der Waals surface area contributed by atoms with Gasteiger partial charge >= 0.3 is 0 Å². The summed E-state index contributed by atoms with van der Waals surface area (Å²) in [5.41, 5.74) is 6.75. The summed E-state index contributed by atoms with van der Waals surface area (Å²) in [7, 11) is 0. The maximum atomic E-state index is 11.2. The van der Waals surface area contributed by atoms with Crippen LogP contribution in [0.15, 0.2) is 22.7 Å². The number of benzene rings is 1. The second-order valence-electron chi connectivity index (χ2n) is 4.58. The molecule has 2 rings (SSSR count). The molecule has 1 atom stereocenters. The van der Waals surface area contributed by atoms with Gasteiger partial charge in [-0.1, -0.05) is 30.6 Å². The van der Waals surface area contributed by atoms with Gasteiger partial charge in [-0.2, -0.15) is 4.98 Å². The van der Waals surface area contributed by atoms with Crippen molar-refractivity contribution in [1.29, 1.82) is 0 Å². The van der Waals surface area contributed by atoms with Crippen LogP contribution in [0.3, 0.4) is 0 Å². The van der Waals surface area contributed by atoms with Crippen LogP contribution in [-0.2, 0) is 0 Å². The number of para-hydroxylation sites is 1. The maximum absolute atomic E-state index is 11.2. The van der Waals surface area contributed by atoms with Crippen LogP contribution in [-0.4, -0.2) is 15.1 Å². The Morgan fingerprint density at radius 2 is 2.25 bits per heavy atom. The molecule has 2 aromatic rings. The maximum Gasteiger partial charge on any atom is 0.285 e. The van der Waals surface area contributed by atoms with Crippen molar-refractivity contribution in [1.82, 2.24) is 10.1 Å². The van der Waals surface area contributed by atoms with E-state index in [1.807, 2.05) is 6.92 Å². The summed E-state index contributed by atoms with van der Waals surface area (Å²) in [5.74, 6) is 0.500. The highest BCUT2D eigenvalue weighted by atomic mass is 16.6. The van der Waals surface area contributed by atoms with Crippen molar-refractivity contribution in [3.8, 4) is 11.5 Å². The van der Waals surface area contributed by atoms with E-state index in [1.54, 1.807) is 25.1 Å². The molecule has 0 fully saturated rings. The van der Waals surface area contributed by atoms with Gasteiger partial charge in [0.05, 0.1) is 11.0 Å². The van der Waals surface area contributed by atoms with Crippen molar-refractivity contribution >= 4 is 5.69 Å². The van der Waals surface area contributed by atoms with E-state index in [1.165, 1.54) is 0 Å². The number of aromatic nitrogens is 2. The summed E-state index contributed by atoms with van der Waals surface area (Å²) >= 11 is 0. The minimum absolute atomic E-state index is 0.0215. The number of nitrogens with zero attached hydrogens (tertiary/aromatic N) is 3. The lowest BCUT2D eigenvalue weighted by Gasteiger charge is -2.03. The number of nitro groups is 1. The molecule has 0 radical (unpaired) electrons. The van der Waals surface area contributed by atoms with Gasteiger partial charge in [-0.05, 0) is 19.4 Å². The summed E-state index contributed by atoms with van der Waals surface area (Å²) in [5, 5.41) is 15.0. The minimum atomic E-state index is -0.444. The van der Waals surface area contributed by atoms with Crippen molar-refractivity contribution in [2.75, 3.05) is 0 Å². The van der Waals surface area contributed by atoms with Crippen LogP contribution in [0, 0.1) is 17.0 Å². The Bertz CT molecular complexity index is 624. The molecule has 1 heterocycles. The van der Waals surface area contributed by atoms with Gasteiger partial charge in [-0.3, -0.25) is 10.1 Å². The summed E-state index contributed by atoms with van der Waals surface area (Å²) in [6, 6.07) is 4.66. The number of hydrogen-bond donors (Lipinski definition) is 1. The second-order valence-corrected chi connectivity index (χ2v) is 4.58. The Labute approximate surface area is 115 Å². The van der Waals surface area contributed by atoms with E-state index in [0.29, 0.717) is 17.0 Å². The van der Waals surface area contributed by atoms with Crippen molar-refractivity contribution in [3.63, 3.8) is 0 Å². The average molecular weight is 276 g/mol. The predicted molar refractivity (Wildman–Crippen MR) is 73.0 cm³/mol. The molecule has 0 aliphatic carbocycles. The van der Waals surface area contributed by atoms with Gasteiger partial charge in [-0.15, -0.1) is 0 Å². The number of nitrogens with two attached hydrogens (primary N) is 1. The third-order valence-corrected chi connectivity index (χ3v) is 3.02. The highest BCUT2D eigenvalue weighted by Gasteiger charge is 2.23. The SMILES string of the molecule is CCCC(N)c1noc(-c2cccc(C)c2[N+](=O)[O-])n1.